The first-order valence-electron chi connectivity index (χ1n) is 11.5. The van der Waals surface area contributed by atoms with E-state index in [1.807, 2.05) is 4.90 Å². The van der Waals surface area contributed by atoms with Gasteiger partial charge in [-0.25, -0.2) is 0 Å². The monoisotopic (exact) mass is 438 g/mol. The van der Waals surface area contributed by atoms with Crippen molar-refractivity contribution in [2.45, 2.75) is 57.8 Å². The lowest BCUT2D eigenvalue weighted by molar-refractivity contribution is -0.137. The number of nitrogens with zero attached hydrogens (tertiary/aromatic N) is 2. The molecule has 0 spiro atoms. The van der Waals surface area contributed by atoms with Crippen molar-refractivity contribution in [2.75, 3.05) is 13.1 Å². The summed E-state index contributed by atoms with van der Waals surface area (Å²) in [6, 6.07) is 10.5. The molecule has 0 radical (unpaired) electrons. The maximum Gasteiger partial charge on any atom is 0.225 e. The molecule has 2 aliphatic rings. The third kappa shape index (κ3) is 5.35. The van der Waals surface area contributed by atoms with Gasteiger partial charge in [0.25, 0.3) is 0 Å². The van der Waals surface area contributed by atoms with E-state index in [4.69, 9.17) is 11.6 Å². The van der Waals surface area contributed by atoms with Crippen LogP contribution >= 0.6 is 11.6 Å². The molecule has 2 heterocycles. The average molecular weight is 439 g/mol. The second-order valence-electron chi connectivity index (χ2n) is 9.14. The topological polar surface area (TPSA) is 50.3 Å². The lowest BCUT2D eigenvalue weighted by Crippen LogP contribution is -2.45. The number of ketones is 1. The highest BCUT2D eigenvalue weighted by molar-refractivity contribution is 6.30. The van der Waals surface area contributed by atoms with E-state index >= 15 is 0 Å². The Kier molecular flexibility index (Phi) is 7.06. The minimum absolute atomic E-state index is 0.0512. The molecule has 2 fully saturated rings. The summed E-state index contributed by atoms with van der Waals surface area (Å²) in [6.45, 7) is 3.58. The summed E-state index contributed by atoms with van der Waals surface area (Å²) in [5.74, 6) is 0.904. The Labute approximate surface area is 190 Å². The minimum Gasteiger partial charge on any atom is -0.342 e. The van der Waals surface area contributed by atoms with E-state index in [0.717, 1.165) is 45.1 Å². The van der Waals surface area contributed by atoms with Crippen molar-refractivity contribution in [2.24, 2.45) is 11.8 Å². The number of carbonyl (C=O) groups excluding carboxylic acids is 2. The van der Waals surface area contributed by atoms with Gasteiger partial charge in [0.2, 0.25) is 5.91 Å². The number of Topliss-reactive ketones (excluding diaryl/α,β-unsaturated/α-hetero) is 1. The number of carbonyl (C=O) groups is 2. The molecule has 1 amide bonds. The number of hydrogen-bond acceptors (Lipinski definition) is 3. The highest BCUT2D eigenvalue weighted by Gasteiger charge is 2.35. The zero-order valence-corrected chi connectivity index (χ0v) is 19.0. The number of pyridine rings is 1. The number of benzene rings is 1. The average Bonchev–Trinajstić information content (AvgIpc) is 3.33. The first-order valence-corrected chi connectivity index (χ1v) is 11.9. The van der Waals surface area contributed by atoms with Gasteiger partial charge in [0, 0.05) is 49.3 Å². The number of rotatable bonds is 6. The Morgan fingerprint density at radius 3 is 2.52 bits per heavy atom. The SMILES string of the molecule is CCc1ccc(C2CC(CC(=O)c3cncc(Cl)c3)CN(C(=O)C3CCCC3)C2)cc1. The Balaban J connectivity index is 1.53. The fourth-order valence-electron chi connectivity index (χ4n) is 5.17. The van der Waals surface area contributed by atoms with Crippen LogP contribution in [0.15, 0.2) is 42.7 Å². The van der Waals surface area contributed by atoms with Crippen LogP contribution in [0.5, 0.6) is 0 Å². The molecule has 1 aromatic carbocycles. The first-order chi connectivity index (χ1) is 15.0. The third-order valence-corrected chi connectivity index (χ3v) is 7.12. The smallest absolute Gasteiger partial charge is 0.225 e. The van der Waals surface area contributed by atoms with Gasteiger partial charge in [-0.05, 0) is 48.8 Å². The number of piperidine rings is 1. The number of amides is 1. The van der Waals surface area contributed by atoms with Crippen LogP contribution in [0.1, 0.15) is 72.9 Å². The highest BCUT2D eigenvalue weighted by Crippen LogP contribution is 2.35. The largest absolute Gasteiger partial charge is 0.342 e. The molecular weight excluding hydrogens is 408 g/mol. The summed E-state index contributed by atoms with van der Waals surface area (Å²) < 4.78 is 0. The van der Waals surface area contributed by atoms with E-state index in [0.29, 0.717) is 23.6 Å². The maximum atomic E-state index is 13.2. The molecule has 2 unspecified atom stereocenters. The Morgan fingerprint density at radius 1 is 1.10 bits per heavy atom. The standard InChI is InChI=1S/C26H31ClN2O2/c1-2-18-7-9-20(10-8-18)23-11-19(12-25(30)22-13-24(27)15-28-14-22)16-29(17-23)26(31)21-5-3-4-6-21/h7-10,13-15,19,21,23H,2-6,11-12,16-17H2,1H3. The maximum absolute atomic E-state index is 13.2. The second kappa shape index (κ2) is 9.95. The van der Waals surface area contributed by atoms with Crippen LogP contribution < -0.4 is 0 Å². The van der Waals surface area contributed by atoms with Crippen LogP contribution in [-0.2, 0) is 11.2 Å². The molecule has 2 atom stereocenters. The fourth-order valence-corrected chi connectivity index (χ4v) is 5.35. The second-order valence-corrected chi connectivity index (χ2v) is 9.57. The van der Waals surface area contributed by atoms with Crippen molar-refractivity contribution in [3.8, 4) is 0 Å². The van der Waals surface area contributed by atoms with Crippen LogP contribution in [0.4, 0.5) is 0 Å². The highest BCUT2D eigenvalue weighted by atomic mass is 35.5. The Morgan fingerprint density at radius 2 is 1.84 bits per heavy atom. The molecule has 0 bridgehead atoms. The van der Waals surface area contributed by atoms with Gasteiger partial charge in [0.05, 0.1) is 5.02 Å². The molecule has 1 saturated heterocycles. The predicted molar refractivity (Wildman–Crippen MR) is 123 cm³/mol. The van der Waals surface area contributed by atoms with E-state index in [2.05, 4.69) is 36.2 Å². The summed E-state index contributed by atoms with van der Waals surface area (Å²) >= 11 is 6.03. The van der Waals surface area contributed by atoms with E-state index in [1.165, 1.54) is 17.3 Å². The van der Waals surface area contributed by atoms with Crippen LogP contribution in [0.2, 0.25) is 5.02 Å². The molecule has 5 heteroatoms. The van der Waals surface area contributed by atoms with Crippen molar-refractivity contribution in [3.63, 3.8) is 0 Å². The Bertz CT molecular complexity index is 921. The summed E-state index contributed by atoms with van der Waals surface area (Å²) in [5, 5.41) is 0.474. The van der Waals surface area contributed by atoms with Crippen LogP contribution in [0.3, 0.4) is 0 Å². The van der Waals surface area contributed by atoms with Crippen molar-refractivity contribution in [3.05, 3.63) is 64.4 Å². The molecule has 1 aromatic heterocycles. The van der Waals surface area contributed by atoms with Crippen LogP contribution in [0.25, 0.3) is 0 Å². The molecule has 1 aliphatic carbocycles. The van der Waals surface area contributed by atoms with E-state index in [9.17, 15) is 9.59 Å². The zero-order valence-electron chi connectivity index (χ0n) is 18.2. The molecule has 4 nitrogen and oxygen atoms in total. The quantitative estimate of drug-likeness (QED) is 0.544. The molecular formula is C26H31ClN2O2. The van der Waals surface area contributed by atoms with Crippen molar-refractivity contribution >= 4 is 23.3 Å². The molecule has 0 N–H and O–H groups in total. The van der Waals surface area contributed by atoms with Crippen molar-refractivity contribution in [1.82, 2.24) is 9.88 Å². The molecule has 2 aromatic rings. The van der Waals surface area contributed by atoms with Crippen LogP contribution in [0, 0.1) is 11.8 Å². The van der Waals surface area contributed by atoms with E-state index in [1.54, 1.807) is 12.3 Å². The first kappa shape index (κ1) is 22.0. The number of aryl methyl sites for hydroxylation is 1. The predicted octanol–water partition coefficient (Wildman–Crippen LogP) is 5.69. The zero-order chi connectivity index (χ0) is 21.8. The lowest BCUT2D eigenvalue weighted by Gasteiger charge is -2.39. The molecule has 1 saturated carbocycles. The number of halogens is 1. The lowest BCUT2D eigenvalue weighted by atomic mass is 9.81. The Hall–Kier alpha value is -2.20. The molecule has 164 valence electrons. The van der Waals surface area contributed by atoms with Gasteiger partial charge in [-0.1, -0.05) is 55.6 Å². The van der Waals surface area contributed by atoms with Crippen LogP contribution in [-0.4, -0.2) is 34.7 Å². The van der Waals surface area contributed by atoms with Gasteiger partial charge in [-0.3, -0.25) is 14.6 Å². The summed E-state index contributed by atoms with van der Waals surface area (Å²) in [5.41, 5.74) is 3.14. The minimum atomic E-state index is 0.0512. The normalized spacial score (nSPS) is 21.9. The number of aromatic nitrogens is 1. The van der Waals surface area contributed by atoms with Gasteiger partial charge in [0.15, 0.2) is 5.78 Å². The van der Waals surface area contributed by atoms with Crippen molar-refractivity contribution < 1.29 is 9.59 Å². The molecule has 1 aliphatic heterocycles. The molecule has 31 heavy (non-hydrogen) atoms. The van der Waals surface area contributed by atoms with Gasteiger partial charge in [-0.2, -0.15) is 0 Å². The van der Waals surface area contributed by atoms with E-state index < -0.39 is 0 Å². The number of likely N-dealkylation sites (tertiary alicyclic amines) is 1. The summed E-state index contributed by atoms with van der Waals surface area (Å²) in [7, 11) is 0. The molecule has 4 rings (SSSR count). The third-order valence-electron chi connectivity index (χ3n) is 6.91. The van der Waals surface area contributed by atoms with Crippen molar-refractivity contribution in [1.29, 1.82) is 0 Å². The van der Waals surface area contributed by atoms with Gasteiger partial charge in [0.1, 0.15) is 0 Å². The van der Waals surface area contributed by atoms with Gasteiger partial charge >= 0.3 is 0 Å². The summed E-state index contributed by atoms with van der Waals surface area (Å²) in [6.07, 6.45) is 9.77. The number of hydrogen-bond donors (Lipinski definition) is 0. The summed E-state index contributed by atoms with van der Waals surface area (Å²) in [4.78, 5) is 32.3. The van der Waals surface area contributed by atoms with Gasteiger partial charge < -0.3 is 4.90 Å². The van der Waals surface area contributed by atoms with Gasteiger partial charge in [-0.15, -0.1) is 0 Å². The van der Waals surface area contributed by atoms with E-state index in [-0.39, 0.29) is 29.4 Å². The fraction of sp³-hybridized carbons (Fsp3) is 0.500.